The summed E-state index contributed by atoms with van der Waals surface area (Å²) >= 11 is 0. The lowest BCUT2D eigenvalue weighted by atomic mass is 10.0. The van der Waals surface area contributed by atoms with Gasteiger partial charge in [0.1, 0.15) is 6.29 Å². The number of hydrogen-bond donors (Lipinski definition) is 1. The lowest BCUT2D eigenvalue weighted by Crippen LogP contribution is -2.14. The minimum absolute atomic E-state index is 0.0396. The molecular formula is C25H21F2N3O2. The number of anilines is 2. The monoisotopic (exact) mass is 433 g/mol. The molecule has 0 spiro atoms. The molecule has 32 heavy (non-hydrogen) atoms. The fraction of sp³-hybridized carbons (Fsp3) is 0.160. The van der Waals surface area contributed by atoms with Gasteiger partial charge in [-0.3, -0.25) is 9.59 Å². The number of benzene rings is 3. The standard InChI is InChI=1S/C25H21F2N3O2/c1-16(32)18-8-10-20(11-9-18)28-24-29-22-13-17(15-31)7-12-23(22)30(24)14-19-5-3-4-6-21(19)25(2,26)27/h3-13,15H,14H2,1-2H3,(H,28,29). The molecule has 0 aliphatic heterocycles. The minimum Gasteiger partial charge on any atom is -0.326 e. The Hall–Kier alpha value is -3.87. The highest BCUT2D eigenvalue weighted by atomic mass is 19.3. The number of rotatable bonds is 7. The molecule has 0 amide bonds. The Morgan fingerprint density at radius 1 is 1.09 bits per heavy atom. The molecule has 1 N–H and O–H groups in total. The molecule has 0 radical (unpaired) electrons. The second-order valence-corrected chi connectivity index (χ2v) is 7.69. The van der Waals surface area contributed by atoms with Crippen LogP contribution in [0.4, 0.5) is 20.4 Å². The summed E-state index contributed by atoms with van der Waals surface area (Å²) in [5.41, 5.74) is 3.43. The fourth-order valence-electron chi connectivity index (χ4n) is 3.65. The van der Waals surface area contributed by atoms with Crippen LogP contribution in [0.25, 0.3) is 11.0 Å². The third-order valence-electron chi connectivity index (χ3n) is 5.27. The maximum absolute atomic E-state index is 14.2. The van der Waals surface area contributed by atoms with Gasteiger partial charge in [-0.15, -0.1) is 0 Å². The second-order valence-electron chi connectivity index (χ2n) is 7.69. The lowest BCUT2D eigenvalue weighted by Gasteiger charge is -2.18. The number of nitrogens with zero attached hydrogens (tertiary/aromatic N) is 2. The van der Waals surface area contributed by atoms with Gasteiger partial charge in [0, 0.05) is 29.3 Å². The number of ketones is 1. The predicted octanol–water partition coefficient (Wildman–Crippen LogP) is 5.96. The van der Waals surface area contributed by atoms with Crippen molar-refractivity contribution < 1.29 is 18.4 Å². The number of carbonyl (C=O) groups is 2. The number of carbonyl (C=O) groups excluding carboxylic acids is 2. The van der Waals surface area contributed by atoms with Crippen molar-refractivity contribution in [2.75, 3.05) is 5.32 Å². The van der Waals surface area contributed by atoms with Crippen molar-refractivity contribution in [3.63, 3.8) is 0 Å². The van der Waals surface area contributed by atoms with Gasteiger partial charge in [-0.25, -0.2) is 13.8 Å². The summed E-state index contributed by atoms with van der Waals surface area (Å²) < 4.78 is 30.2. The molecule has 0 saturated heterocycles. The molecular weight excluding hydrogens is 412 g/mol. The summed E-state index contributed by atoms with van der Waals surface area (Å²) in [6.07, 6.45) is 0.735. The summed E-state index contributed by atoms with van der Waals surface area (Å²) in [5.74, 6) is -2.59. The minimum atomic E-state index is -2.99. The van der Waals surface area contributed by atoms with Crippen LogP contribution in [0, 0.1) is 0 Å². The van der Waals surface area contributed by atoms with E-state index < -0.39 is 5.92 Å². The first-order valence-electron chi connectivity index (χ1n) is 10.1. The van der Waals surface area contributed by atoms with Crippen LogP contribution in [0.1, 0.15) is 45.7 Å². The van der Waals surface area contributed by atoms with Crippen LogP contribution >= 0.6 is 0 Å². The third kappa shape index (κ3) is 4.27. The fourth-order valence-corrected chi connectivity index (χ4v) is 3.65. The van der Waals surface area contributed by atoms with Crippen LogP contribution in [0.15, 0.2) is 66.7 Å². The number of alkyl halides is 2. The van der Waals surface area contributed by atoms with Gasteiger partial charge >= 0.3 is 0 Å². The largest absolute Gasteiger partial charge is 0.326 e. The maximum Gasteiger partial charge on any atom is 0.270 e. The van der Waals surface area contributed by atoms with Gasteiger partial charge in [0.05, 0.1) is 17.6 Å². The van der Waals surface area contributed by atoms with E-state index in [-0.39, 0.29) is 17.9 Å². The molecule has 162 valence electrons. The Bertz CT molecular complexity index is 1310. The van der Waals surface area contributed by atoms with Crippen molar-refractivity contribution in [2.24, 2.45) is 0 Å². The summed E-state index contributed by atoms with van der Waals surface area (Å²) in [7, 11) is 0. The first-order valence-corrected chi connectivity index (χ1v) is 10.1. The molecule has 1 heterocycles. The third-order valence-corrected chi connectivity index (χ3v) is 5.27. The molecule has 7 heteroatoms. The SMILES string of the molecule is CC(=O)c1ccc(Nc2nc3cc(C=O)ccc3n2Cc2ccccc2C(C)(F)F)cc1. The Labute approximate surface area is 183 Å². The van der Waals surface area contributed by atoms with Crippen molar-refractivity contribution in [3.05, 3.63) is 89.0 Å². The summed E-state index contributed by atoms with van der Waals surface area (Å²) in [5, 5.41) is 3.21. The van der Waals surface area contributed by atoms with E-state index >= 15 is 0 Å². The van der Waals surface area contributed by atoms with Gasteiger partial charge in [0.15, 0.2) is 5.78 Å². The summed E-state index contributed by atoms with van der Waals surface area (Å²) in [6, 6.07) is 18.4. The highest BCUT2D eigenvalue weighted by Gasteiger charge is 2.27. The Balaban J connectivity index is 1.80. The molecule has 0 aliphatic rings. The smallest absolute Gasteiger partial charge is 0.270 e. The lowest BCUT2D eigenvalue weighted by molar-refractivity contribution is 0.0164. The molecule has 0 atom stereocenters. The predicted molar refractivity (Wildman–Crippen MR) is 120 cm³/mol. The normalized spacial score (nSPS) is 11.5. The molecule has 1 aromatic heterocycles. The topological polar surface area (TPSA) is 64.0 Å². The van der Waals surface area contributed by atoms with E-state index in [4.69, 9.17) is 0 Å². The van der Waals surface area contributed by atoms with Gasteiger partial charge in [0.25, 0.3) is 5.92 Å². The van der Waals surface area contributed by atoms with Crippen LogP contribution < -0.4 is 5.32 Å². The molecule has 0 fully saturated rings. The van der Waals surface area contributed by atoms with E-state index in [1.54, 1.807) is 65.2 Å². The van der Waals surface area contributed by atoms with E-state index in [0.29, 0.717) is 39.4 Å². The average molecular weight is 433 g/mol. The van der Waals surface area contributed by atoms with Crippen molar-refractivity contribution in [1.29, 1.82) is 0 Å². The van der Waals surface area contributed by atoms with Gasteiger partial charge in [0.2, 0.25) is 5.95 Å². The molecule has 0 aliphatic carbocycles. The second kappa shape index (κ2) is 8.34. The number of aromatic nitrogens is 2. The molecule has 5 nitrogen and oxygen atoms in total. The maximum atomic E-state index is 14.2. The van der Waals surface area contributed by atoms with Gasteiger partial charge in [-0.05, 0) is 55.0 Å². The van der Waals surface area contributed by atoms with E-state index in [9.17, 15) is 18.4 Å². The zero-order valence-corrected chi connectivity index (χ0v) is 17.6. The number of Topliss-reactive ketones (excluding diaryl/α,β-unsaturated/α-hetero) is 1. The zero-order chi connectivity index (χ0) is 22.9. The zero-order valence-electron chi connectivity index (χ0n) is 17.6. The summed E-state index contributed by atoms with van der Waals surface area (Å²) in [6.45, 7) is 2.53. The van der Waals surface area contributed by atoms with Crippen LogP contribution in [-0.2, 0) is 12.5 Å². The average Bonchev–Trinajstić information content (AvgIpc) is 3.09. The molecule has 3 aromatic carbocycles. The van der Waals surface area contributed by atoms with Crippen LogP contribution in [0.3, 0.4) is 0 Å². The first kappa shape index (κ1) is 21.4. The van der Waals surface area contributed by atoms with E-state index in [2.05, 4.69) is 10.3 Å². The molecule has 0 saturated carbocycles. The Morgan fingerprint density at radius 3 is 2.47 bits per heavy atom. The van der Waals surface area contributed by atoms with Crippen molar-refractivity contribution in [2.45, 2.75) is 26.3 Å². The van der Waals surface area contributed by atoms with Crippen molar-refractivity contribution >= 4 is 34.7 Å². The Morgan fingerprint density at radius 2 is 1.81 bits per heavy atom. The quantitative estimate of drug-likeness (QED) is 0.289. The summed E-state index contributed by atoms with van der Waals surface area (Å²) in [4.78, 5) is 27.3. The molecule has 0 bridgehead atoms. The Kier molecular flexibility index (Phi) is 5.57. The first-order chi connectivity index (χ1) is 15.3. The van der Waals surface area contributed by atoms with Crippen LogP contribution in [0.2, 0.25) is 0 Å². The number of nitrogens with one attached hydrogen (secondary N) is 1. The highest BCUT2D eigenvalue weighted by Crippen LogP contribution is 2.32. The van der Waals surface area contributed by atoms with Crippen LogP contribution in [0.5, 0.6) is 0 Å². The van der Waals surface area contributed by atoms with E-state index in [0.717, 1.165) is 13.2 Å². The van der Waals surface area contributed by atoms with Crippen LogP contribution in [-0.4, -0.2) is 21.6 Å². The number of halogens is 2. The van der Waals surface area contributed by atoms with Gasteiger partial charge in [-0.2, -0.15) is 0 Å². The number of imidazole rings is 1. The van der Waals surface area contributed by atoms with E-state index in [1.165, 1.54) is 13.0 Å². The molecule has 0 unspecified atom stereocenters. The number of hydrogen-bond acceptors (Lipinski definition) is 4. The number of aldehydes is 1. The van der Waals surface area contributed by atoms with Gasteiger partial charge < -0.3 is 9.88 Å². The van der Waals surface area contributed by atoms with E-state index in [1.807, 2.05) is 0 Å². The highest BCUT2D eigenvalue weighted by molar-refractivity contribution is 5.94. The number of fused-ring (bicyclic) bond motifs is 1. The van der Waals surface area contributed by atoms with Gasteiger partial charge in [-0.1, -0.05) is 24.3 Å². The van der Waals surface area contributed by atoms with Crippen molar-refractivity contribution in [1.82, 2.24) is 9.55 Å². The molecule has 4 aromatic rings. The molecule has 4 rings (SSSR count). The van der Waals surface area contributed by atoms with Crippen molar-refractivity contribution in [3.8, 4) is 0 Å².